The zero-order valence-electron chi connectivity index (χ0n) is 14.3. The summed E-state index contributed by atoms with van der Waals surface area (Å²) in [4.78, 5) is 24.1. The highest BCUT2D eigenvalue weighted by atomic mass is 32.1. The summed E-state index contributed by atoms with van der Waals surface area (Å²) in [5.41, 5.74) is 1.11. The largest absolute Gasteiger partial charge is 0.357 e. The van der Waals surface area contributed by atoms with E-state index >= 15 is 0 Å². The molecule has 1 fully saturated rings. The first kappa shape index (κ1) is 17.7. The van der Waals surface area contributed by atoms with Gasteiger partial charge in [-0.1, -0.05) is 0 Å². The van der Waals surface area contributed by atoms with Crippen LogP contribution in [0.15, 0.2) is 4.99 Å². The molecule has 0 bridgehead atoms. The Morgan fingerprint density at radius 2 is 2.04 bits per heavy atom. The first-order valence-electron chi connectivity index (χ1n) is 8.33. The third kappa shape index (κ3) is 5.49. The van der Waals surface area contributed by atoms with Crippen molar-refractivity contribution in [3.05, 3.63) is 15.6 Å². The van der Waals surface area contributed by atoms with Gasteiger partial charge in [0, 0.05) is 37.5 Å². The van der Waals surface area contributed by atoms with E-state index < -0.39 is 0 Å². The fraction of sp³-hybridized carbons (Fsp3) is 0.688. The van der Waals surface area contributed by atoms with Gasteiger partial charge < -0.3 is 15.5 Å². The maximum absolute atomic E-state index is 12.1. The van der Waals surface area contributed by atoms with Gasteiger partial charge in [0.2, 0.25) is 5.91 Å². The molecule has 2 rings (SSSR count). The number of nitrogens with zero attached hydrogens (tertiary/aromatic N) is 3. The minimum Gasteiger partial charge on any atom is -0.357 e. The summed E-state index contributed by atoms with van der Waals surface area (Å²) in [5, 5.41) is 7.60. The van der Waals surface area contributed by atoms with Gasteiger partial charge in [0.15, 0.2) is 5.96 Å². The molecule has 6 nitrogen and oxygen atoms in total. The van der Waals surface area contributed by atoms with Crippen LogP contribution in [0.3, 0.4) is 0 Å². The zero-order chi connectivity index (χ0) is 16.7. The van der Waals surface area contributed by atoms with Gasteiger partial charge in [-0.3, -0.25) is 4.79 Å². The van der Waals surface area contributed by atoms with Crippen molar-refractivity contribution >= 4 is 23.2 Å². The average molecular weight is 337 g/mol. The third-order valence-corrected chi connectivity index (χ3v) is 4.95. The van der Waals surface area contributed by atoms with Crippen LogP contribution in [0.5, 0.6) is 0 Å². The molecule has 1 saturated heterocycles. The molecule has 128 valence electrons. The molecule has 2 heterocycles. The van der Waals surface area contributed by atoms with Crippen molar-refractivity contribution in [1.29, 1.82) is 0 Å². The lowest BCUT2D eigenvalue weighted by Crippen LogP contribution is -2.39. The van der Waals surface area contributed by atoms with Crippen LogP contribution in [-0.4, -0.2) is 54.5 Å². The lowest BCUT2D eigenvalue weighted by atomic mass is 10.3. The predicted octanol–water partition coefficient (Wildman–Crippen LogP) is 1.48. The van der Waals surface area contributed by atoms with E-state index in [0.717, 1.165) is 56.1 Å². The number of carbonyl (C=O) groups excluding carboxylic acids is 1. The van der Waals surface area contributed by atoms with Gasteiger partial charge in [0.1, 0.15) is 6.54 Å². The number of rotatable bonds is 6. The number of thiazole rings is 1. The fourth-order valence-electron chi connectivity index (χ4n) is 2.65. The Hall–Kier alpha value is -1.63. The van der Waals surface area contributed by atoms with Crippen LogP contribution >= 0.6 is 11.3 Å². The lowest BCUT2D eigenvalue weighted by Gasteiger charge is -2.15. The van der Waals surface area contributed by atoms with Crippen molar-refractivity contribution < 1.29 is 4.79 Å². The number of hydrogen-bond donors (Lipinski definition) is 2. The van der Waals surface area contributed by atoms with Gasteiger partial charge in [-0.2, -0.15) is 0 Å². The molecule has 7 heteroatoms. The Kier molecular flexibility index (Phi) is 6.83. The van der Waals surface area contributed by atoms with Crippen molar-refractivity contribution in [2.24, 2.45) is 4.99 Å². The standard InChI is InChI=1S/C16H27N5OS/c1-4-17-16(19-11-15(22)21-9-5-6-10-21)18-8-7-14-12(2)20-13(3)23-14/h4-11H2,1-3H3,(H2,17,18,19). The monoisotopic (exact) mass is 337 g/mol. The number of likely N-dealkylation sites (tertiary alicyclic amines) is 1. The topological polar surface area (TPSA) is 69.6 Å². The summed E-state index contributed by atoms with van der Waals surface area (Å²) in [6.45, 7) is 9.64. The highest BCUT2D eigenvalue weighted by Gasteiger charge is 2.17. The van der Waals surface area contributed by atoms with Crippen molar-refractivity contribution in [1.82, 2.24) is 20.5 Å². The van der Waals surface area contributed by atoms with E-state index in [-0.39, 0.29) is 12.5 Å². The van der Waals surface area contributed by atoms with E-state index in [2.05, 4.69) is 20.6 Å². The van der Waals surface area contributed by atoms with Crippen LogP contribution in [0.2, 0.25) is 0 Å². The summed E-state index contributed by atoms with van der Waals surface area (Å²) in [7, 11) is 0. The first-order valence-corrected chi connectivity index (χ1v) is 9.14. The summed E-state index contributed by atoms with van der Waals surface area (Å²) in [5.74, 6) is 0.826. The van der Waals surface area contributed by atoms with Gasteiger partial charge in [-0.15, -0.1) is 11.3 Å². The smallest absolute Gasteiger partial charge is 0.244 e. The van der Waals surface area contributed by atoms with E-state index in [4.69, 9.17) is 0 Å². The van der Waals surface area contributed by atoms with Crippen LogP contribution in [-0.2, 0) is 11.2 Å². The number of hydrogen-bond acceptors (Lipinski definition) is 4. The highest BCUT2D eigenvalue weighted by molar-refractivity contribution is 7.11. The molecule has 0 unspecified atom stereocenters. The molecule has 2 N–H and O–H groups in total. The normalized spacial score (nSPS) is 15.1. The van der Waals surface area contributed by atoms with E-state index in [1.165, 1.54) is 4.88 Å². The number of aryl methyl sites for hydroxylation is 2. The van der Waals surface area contributed by atoms with Gasteiger partial charge >= 0.3 is 0 Å². The molecular formula is C16H27N5OS. The highest BCUT2D eigenvalue weighted by Crippen LogP contribution is 2.17. The number of guanidine groups is 1. The molecule has 0 spiro atoms. The van der Waals surface area contributed by atoms with Crippen LogP contribution in [0, 0.1) is 13.8 Å². The Balaban J connectivity index is 1.81. The van der Waals surface area contributed by atoms with Crippen LogP contribution in [0.4, 0.5) is 0 Å². The quantitative estimate of drug-likeness (QED) is 0.609. The first-order chi connectivity index (χ1) is 11.1. The van der Waals surface area contributed by atoms with Gasteiger partial charge in [0.25, 0.3) is 0 Å². The molecule has 1 aromatic heterocycles. The van der Waals surface area contributed by atoms with Crippen LogP contribution in [0.1, 0.15) is 35.3 Å². The third-order valence-electron chi connectivity index (χ3n) is 3.82. The van der Waals surface area contributed by atoms with E-state index in [9.17, 15) is 4.79 Å². The number of aliphatic imine (C=N–C) groups is 1. The predicted molar refractivity (Wildman–Crippen MR) is 95.1 cm³/mol. The Bertz CT molecular complexity index is 549. The molecule has 0 atom stereocenters. The van der Waals surface area contributed by atoms with Gasteiger partial charge in [0.05, 0.1) is 10.7 Å². The average Bonchev–Trinajstić information content (AvgIpc) is 3.15. The van der Waals surface area contributed by atoms with Crippen molar-refractivity contribution in [3.8, 4) is 0 Å². The Morgan fingerprint density at radius 1 is 1.30 bits per heavy atom. The minimum absolute atomic E-state index is 0.119. The molecule has 0 aliphatic carbocycles. The Morgan fingerprint density at radius 3 is 2.65 bits per heavy atom. The lowest BCUT2D eigenvalue weighted by molar-refractivity contribution is -0.128. The number of aromatic nitrogens is 1. The van der Waals surface area contributed by atoms with E-state index in [1.807, 2.05) is 25.7 Å². The zero-order valence-corrected chi connectivity index (χ0v) is 15.1. The maximum Gasteiger partial charge on any atom is 0.244 e. The van der Waals surface area contributed by atoms with Gasteiger partial charge in [-0.25, -0.2) is 9.98 Å². The molecule has 1 amide bonds. The van der Waals surface area contributed by atoms with Crippen molar-refractivity contribution in [2.75, 3.05) is 32.7 Å². The second kappa shape index (κ2) is 8.86. The molecule has 0 aromatic carbocycles. The second-order valence-corrected chi connectivity index (χ2v) is 6.99. The van der Waals surface area contributed by atoms with E-state index in [0.29, 0.717) is 5.96 Å². The second-order valence-electron chi connectivity index (χ2n) is 5.70. The van der Waals surface area contributed by atoms with E-state index in [1.54, 1.807) is 11.3 Å². The summed E-state index contributed by atoms with van der Waals surface area (Å²) in [6.07, 6.45) is 3.14. The molecule has 0 saturated carbocycles. The van der Waals surface area contributed by atoms with Crippen molar-refractivity contribution in [2.45, 2.75) is 40.0 Å². The SMILES string of the molecule is CCNC(=NCC(=O)N1CCCC1)NCCc1sc(C)nc1C. The number of nitrogens with one attached hydrogen (secondary N) is 2. The van der Waals surface area contributed by atoms with Crippen LogP contribution in [0.25, 0.3) is 0 Å². The molecule has 1 aliphatic rings. The number of carbonyl (C=O) groups is 1. The summed E-state index contributed by atoms with van der Waals surface area (Å²) in [6, 6.07) is 0. The maximum atomic E-state index is 12.1. The molecule has 1 aliphatic heterocycles. The van der Waals surface area contributed by atoms with Crippen LogP contribution < -0.4 is 10.6 Å². The summed E-state index contributed by atoms with van der Waals surface area (Å²) < 4.78 is 0. The molecule has 23 heavy (non-hydrogen) atoms. The van der Waals surface area contributed by atoms with Crippen molar-refractivity contribution in [3.63, 3.8) is 0 Å². The summed E-state index contributed by atoms with van der Waals surface area (Å²) >= 11 is 1.74. The molecule has 1 aromatic rings. The Labute approximate surface area is 142 Å². The molecular weight excluding hydrogens is 310 g/mol. The minimum atomic E-state index is 0.119. The molecule has 0 radical (unpaired) electrons. The van der Waals surface area contributed by atoms with Gasteiger partial charge in [-0.05, 0) is 33.6 Å². The fourth-order valence-corrected chi connectivity index (χ4v) is 3.59. The number of amides is 1.